The smallest absolute Gasteiger partial charge is 0.319 e. The summed E-state index contributed by atoms with van der Waals surface area (Å²) in [6.07, 6.45) is 2.27. The van der Waals surface area contributed by atoms with Crippen molar-refractivity contribution in [3.63, 3.8) is 0 Å². The fourth-order valence-corrected chi connectivity index (χ4v) is 5.10. The van der Waals surface area contributed by atoms with Crippen LogP contribution in [0.2, 0.25) is 0 Å². The lowest BCUT2D eigenvalue weighted by atomic mass is 9.90. The number of urea groups is 1. The van der Waals surface area contributed by atoms with Crippen molar-refractivity contribution in [1.29, 1.82) is 0 Å². The Morgan fingerprint density at radius 1 is 1.11 bits per heavy atom. The van der Waals surface area contributed by atoms with Crippen LogP contribution in [0.15, 0.2) is 59.3 Å². The average molecular weight is 490 g/mol. The predicted octanol–water partition coefficient (Wildman–Crippen LogP) is 3.66. The molecule has 2 N–H and O–H groups in total. The van der Waals surface area contributed by atoms with Gasteiger partial charge in [-0.25, -0.2) is 4.79 Å². The number of rotatable bonds is 7. The van der Waals surface area contributed by atoms with Crippen molar-refractivity contribution in [3.05, 3.63) is 65.2 Å². The minimum Gasteiger partial charge on any atom is -0.492 e. The molecular weight excluding hydrogens is 454 g/mol. The van der Waals surface area contributed by atoms with E-state index in [2.05, 4.69) is 68.9 Å². The lowest BCUT2D eigenvalue weighted by Crippen LogP contribution is -2.50. The number of piperazine rings is 1. The number of oxime groups is 1. The summed E-state index contributed by atoms with van der Waals surface area (Å²) in [5.74, 6) is 0.852. The van der Waals surface area contributed by atoms with Gasteiger partial charge in [-0.05, 0) is 31.5 Å². The van der Waals surface area contributed by atoms with Crippen LogP contribution < -0.4 is 15.4 Å². The van der Waals surface area contributed by atoms with Gasteiger partial charge < -0.3 is 20.2 Å². The zero-order chi connectivity index (χ0) is 24.9. The standard InChI is InChI=1S/C28H35N5O3/c1-3-29-28(34)30-22-9-10-23-25(16-22)35-19-24-26(36-31-27(23)24)18-33-13-11-32(12-14-33)17-20(2)15-21-7-5-4-6-8-21/h4-10,15-16,24,26H,3,11-14,17-19H2,1-2H3,(H2,29,30,34)/b20-15+. The molecule has 8 heteroatoms. The molecule has 2 unspecified atom stereocenters. The topological polar surface area (TPSA) is 78.4 Å². The van der Waals surface area contributed by atoms with Crippen molar-refractivity contribution in [1.82, 2.24) is 15.1 Å². The summed E-state index contributed by atoms with van der Waals surface area (Å²) in [5, 5.41) is 10.0. The number of nitrogens with one attached hydrogen (secondary N) is 2. The highest BCUT2D eigenvalue weighted by molar-refractivity contribution is 6.06. The predicted molar refractivity (Wildman–Crippen MR) is 143 cm³/mol. The molecule has 5 rings (SSSR count). The number of fused-ring (bicyclic) bond motifs is 3. The van der Waals surface area contributed by atoms with E-state index in [0.717, 1.165) is 56.3 Å². The quantitative estimate of drug-likeness (QED) is 0.621. The average Bonchev–Trinajstić information content (AvgIpc) is 3.29. The van der Waals surface area contributed by atoms with E-state index in [0.29, 0.717) is 18.8 Å². The van der Waals surface area contributed by atoms with Crippen LogP contribution in [0.4, 0.5) is 10.5 Å². The first kappa shape index (κ1) is 24.3. The maximum absolute atomic E-state index is 11.8. The summed E-state index contributed by atoms with van der Waals surface area (Å²) in [4.78, 5) is 22.7. The van der Waals surface area contributed by atoms with Gasteiger partial charge in [-0.2, -0.15) is 0 Å². The van der Waals surface area contributed by atoms with Gasteiger partial charge in [-0.1, -0.05) is 47.1 Å². The maximum Gasteiger partial charge on any atom is 0.319 e. The second-order valence-electron chi connectivity index (χ2n) is 9.71. The summed E-state index contributed by atoms with van der Waals surface area (Å²) < 4.78 is 6.08. The monoisotopic (exact) mass is 489 g/mol. The number of benzene rings is 2. The minimum atomic E-state index is -0.227. The third-order valence-corrected chi connectivity index (χ3v) is 6.95. The molecule has 8 nitrogen and oxygen atoms in total. The molecule has 2 aromatic carbocycles. The van der Waals surface area contributed by atoms with E-state index >= 15 is 0 Å². The van der Waals surface area contributed by atoms with Gasteiger partial charge in [0.05, 0.1) is 5.92 Å². The molecule has 0 saturated carbocycles. The van der Waals surface area contributed by atoms with Crippen LogP contribution in [0.25, 0.3) is 6.08 Å². The van der Waals surface area contributed by atoms with Gasteiger partial charge in [0.25, 0.3) is 0 Å². The second-order valence-corrected chi connectivity index (χ2v) is 9.71. The number of carbonyl (C=O) groups is 1. The Morgan fingerprint density at radius 3 is 2.67 bits per heavy atom. The Morgan fingerprint density at radius 2 is 1.89 bits per heavy atom. The van der Waals surface area contributed by atoms with E-state index in [1.54, 1.807) is 0 Å². The van der Waals surface area contributed by atoms with Crippen LogP contribution in [-0.4, -0.2) is 80.1 Å². The van der Waals surface area contributed by atoms with Gasteiger partial charge >= 0.3 is 6.03 Å². The maximum atomic E-state index is 11.8. The summed E-state index contributed by atoms with van der Waals surface area (Å²) >= 11 is 0. The first-order valence-electron chi connectivity index (χ1n) is 12.8. The van der Waals surface area contributed by atoms with Crippen molar-refractivity contribution in [2.24, 2.45) is 11.1 Å². The zero-order valence-corrected chi connectivity index (χ0v) is 21.1. The largest absolute Gasteiger partial charge is 0.492 e. The van der Waals surface area contributed by atoms with E-state index in [-0.39, 0.29) is 18.1 Å². The van der Waals surface area contributed by atoms with E-state index in [4.69, 9.17) is 9.57 Å². The Bertz CT molecular complexity index is 1130. The fourth-order valence-electron chi connectivity index (χ4n) is 5.10. The van der Waals surface area contributed by atoms with Crippen LogP contribution in [-0.2, 0) is 4.84 Å². The third kappa shape index (κ3) is 5.71. The highest BCUT2D eigenvalue weighted by Crippen LogP contribution is 2.35. The molecule has 2 aromatic rings. The summed E-state index contributed by atoms with van der Waals surface area (Å²) in [7, 11) is 0. The molecule has 0 bridgehead atoms. The van der Waals surface area contributed by atoms with Crippen molar-refractivity contribution in [2.45, 2.75) is 20.0 Å². The molecule has 0 spiro atoms. The van der Waals surface area contributed by atoms with Gasteiger partial charge in [-0.3, -0.25) is 9.80 Å². The molecule has 36 heavy (non-hydrogen) atoms. The third-order valence-electron chi connectivity index (χ3n) is 6.95. The van der Waals surface area contributed by atoms with Crippen LogP contribution in [0.3, 0.4) is 0 Å². The number of amides is 2. The van der Waals surface area contributed by atoms with E-state index in [1.807, 2.05) is 25.1 Å². The molecule has 3 aliphatic rings. The van der Waals surface area contributed by atoms with Gasteiger partial charge in [0.2, 0.25) is 0 Å². The molecule has 3 heterocycles. The molecule has 0 aromatic heterocycles. The summed E-state index contributed by atoms with van der Waals surface area (Å²) in [5.41, 5.74) is 5.23. The molecule has 3 aliphatic heterocycles. The second kappa shape index (κ2) is 11.1. The van der Waals surface area contributed by atoms with Crippen LogP contribution in [0.1, 0.15) is 25.0 Å². The molecule has 2 atom stereocenters. The zero-order valence-electron chi connectivity index (χ0n) is 21.1. The van der Waals surface area contributed by atoms with Gasteiger partial charge in [-0.15, -0.1) is 0 Å². The fraction of sp³-hybridized carbons (Fsp3) is 0.429. The number of ether oxygens (including phenoxy) is 1. The van der Waals surface area contributed by atoms with E-state index in [9.17, 15) is 4.79 Å². The molecule has 1 fully saturated rings. The molecule has 0 aliphatic carbocycles. The Balaban J connectivity index is 1.12. The Hall–Kier alpha value is -3.36. The van der Waals surface area contributed by atoms with Crippen molar-refractivity contribution >= 4 is 23.5 Å². The van der Waals surface area contributed by atoms with Gasteiger partial charge in [0.15, 0.2) is 6.10 Å². The Labute approximate surface area is 212 Å². The van der Waals surface area contributed by atoms with Gasteiger partial charge in [0, 0.05) is 63.1 Å². The summed E-state index contributed by atoms with van der Waals surface area (Å²) in [6, 6.07) is 16.0. The highest BCUT2D eigenvalue weighted by atomic mass is 16.6. The van der Waals surface area contributed by atoms with Crippen molar-refractivity contribution in [2.75, 3.05) is 57.7 Å². The number of carbonyl (C=O) groups excluding carboxylic acids is 1. The summed E-state index contributed by atoms with van der Waals surface area (Å²) in [6.45, 7) is 11.2. The first-order chi connectivity index (χ1) is 17.6. The number of anilines is 1. The first-order valence-corrected chi connectivity index (χ1v) is 12.8. The minimum absolute atomic E-state index is 0.00690. The number of nitrogens with zero attached hydrogens (tertiary/aromatic N) is 3. The molecular formula is C28H35N5O3. The van der Waals surface area contributed by atoms with E-state index in [1.165, 1.54) is 11.1 Å². The highest BCUT2D eigenvalue weighted by Gasteiger charge is 2.41. The van der Waals surface area contributed by atoms with Crippen molar-refractivity contribution < 1.29 is 14.4 Å². The van der Waals surface area contributed by atoms with Crippen LogP contribution in [0, 0.1) is 5.92 Å². The molecule has 0 radical (unpaired) electrons. The number of hydrogen-bond acceptors (Lipinski definition) is 6. The molecule has 2 amide bonds. The molecule has 1 saturated heterocycles. The SMILES string of the molecule is CCNC(=O)Nc1ccc2c(c1)OCC1C2=NOC1CN1CCN(C/C(C)=C/c2ccccc2)CC1. The van der Waals surface area contributed by atoms with Crippen molar-refractivity contribution in [3.8, 4) is 5.75 Å². The lowest BCUT2D eigenvalue weighted by Gasteiger charge is -2.36. The molecule has 190 valence electrons. The lowest BCUT2D eigenvalue weighted by molar-refractivity contribution is 0.0101. The normalized spacial score (nSPS) is 22.1. The van der Waals surface area contributed by atoms with Gasteiger partial charge in [0.1, 0.15) is 18.1 Å². The number of hydrogen-bond donors (Lipinski definition) is 2. The van der Waals surface area contributed by atoms with Crippen LogP contribution >= 0.6 is 0 Å². The van der Waals surface area contributed by atoms with Crippen LogP contribution in [0.5, 0.6) is 5.75 Å². The van der Waals surface area contributed by atoms with E-state index < -0.39 is 0 Å². The Kier molecular flexibility index (Phi) is 7.53.